The minimum absolute atomic E-state index is 0.000996. The summed E-state index contributed by atoms with van der Waals surface area (Å²) in [7, 11) is 1.78. The molecule has 16 heteroatoms. The molecule has 60 heavy (non-hydrogen) atoms. The van der Waals surface area contributed by atoms with Crippen molar-refractivity contribution in [3.8, 4) is 11.1 Å². The third kappa shape index (κ3) is 6.50. The lowest BCUT2D eigenvalue weighted by Gasteiger charge is -2.33. The first-order valence-corrected chi connectivity index (χ1v) is 21.1. The zero-order valence-electron chi connectivity index (χ0n) is 33.8. The number of nitrogens with one attached hydrogen (secondary N) is 1. The quantitative estimate of drug-likeness (QED) is 0.244. The van der Waals surface area contributed by atoms with E-state index in [1.54, 1.807) is 37.1 Å². The van der Waals surface area contributed by atoms with E-state index < -0.39 is 36.1 Å². The average Bonchev–Trinajstić information content (AvgIpc) is 4.00. The van der Waals surface area contributed by atoms with Crippen LogP contribution in [0.1, 0.15) is 119 Å². The topological polar surface area (TPSA) is 146 Å². The van der Waals surface area contributed by atoms with Crippen LogP contribution in [0.15, 0.2) is 36.7 Å². The molecular formula is C44H47F2N9O5. The van der Waals surface area contributed by atoms with Crippen LogP contribution in [0.5, 0.6) is 0 Å². The van der Waals surface area contributed by atoms with Gasteiger partial charge in [-0.15, -0.1) is 0 Å². The van der Waals surface area contributed by atoms with Gasteiger partial charge < -0.3 is 9.80 Å². The summed E-state index contributed by atoms with van der Waals surface area (Å²) in [6.07, 6.45) is 7.06. The Morgan fingerprint density at radius 2 is 1.58 bits per heavy atom. The molecule has 1 atom stereocenters. The largest absolute Gasteiger partial charge is 0.338 e. The second kappa shape index (κ2) is 14.7. The van der Waals surface area contributed by atoms with Crippen LogP contribution in [-0.2, 0) is 53.9 Å². The van der Waals surface area contributed by atoms with E-state index >= 15 is 0 Å². The number of imide groups is 2. The van der Waals surface area contributed by atoms with Crippen molar-refractivity contribution in [3.63, 3.8) is 0 Å². The molecule has 4 aromatic rings. The molecule has 2 aromatic carbocycles. The van der Waals surface area contributed by atoms with Crippen molar-refractivity contribution >= 4 is 41.0 Å². The number of amides is 5. The Morgan fingerprint density at radius 1 is 0.867 bits per heavy atom. The van der Waals surface area contributed by atoms with E-state index in [2.05, 4.69) is 24.9 Å². The molecular weight excluding hydrogens is 773 g/mol. The Kier molecular flexibility index (Phi) is 9.45. The molecule has 14 nitrogen and oxygen atoms in total. The number of nitrogens with zero attached hydrogens (tertiary/aromatic N) is 8. The Bertz CT molecular complexity index is 2440. The first-order chi connectivity index (χ1) is 28.9. The highest BCUT2D eigenvalue weighted by Crippen LogP contribution is 2.45. The summed E-state index contributed by atoms with van der Waals surface area (Å²) in [5.74, 6) is -0.783. The number of aromatic nitrogens is 4. The van der Waals surface area contributed by atoms with Crippen molar-refractivity contribution in [2.24, 2.45) is 13.0 Å². The molecule has 0 spiro atoms. The van der Waals surface area contributed by atoms with E-state index in [9.17, 15) is 32.8 Å². The van der Waals surface area contributed by atoms with Gasteiger partial charge in [-0.25, -0.2) is 8.78 Å². The Labute approximate surface area is 345 Å². The number of hydrogen-bond acceptors (Lipinski definition) is 9. The van der Waals surface area contributed by atoms with Crippen LogP contribution in [0.4, 0.5) is 20.3 Å². The number of aryl methyl sites for hydroxylation is 2. The van der Waals surface area contributed by atoms with E-state index in [0.29, 0.717) is 67.3 Å². The maximum atomic E-state index is 14.7. The van der Waals surface area contributed by atoms with Gasteiger partial charge in [-0.05, 0) is 97.4 Å². The van der Waals surface area contributed by atoms with Crippen molar-refractivity contribution in [3.05, 3.63) is 81.3 Å². The van der Waals surface area contributed by atoms with Crippen LogP contribution in [0.2, 0.25) is 0 Å². The monoisotopic (exact) mass is 819 g/mol. The predicted molar refractivity (Wildman–Crippen MR) is 214 cm³/mol. The molecule has 0 radical (unpaired) electrons. The minimum atomic E-state index is -2.68. The fraction of sp³-hybridized carbons (Fsp3) is 0.477. The Balaban J connectivity index is 0.852. The number of benzene rings is 2. The normalized spacial score (nSPS) is 22.9. The molecule has 312 valence electrons. The number of rotatable bonds is 7. The Morgan fingerprint density at radius 3 is 2.23 bits per heavy atom. The first-order valence-electron chi connectivity index (χ1n) is 21.1. The van der Waals surface area contributed by atoms with Crippen LogP contribution in [-0.4, -0.2) is 89.5 Å². The van der Waals surface area contributed by atoms with E-state index in [-0.39, 0.29) is 30.4 Å². The van der Waals surface area contributed by atoms with Crippen molar-refractivity contribution in [2.45, 2.75) is 103 Å². The van der Waals surface area contributed by atoms with E-state index in [1.165, 1.54) is 0 Å². The summed E-state index contributed by atoms with van der Waals surface area (Å²) in [6, 6.07) is 6.35. The maximum Gasteiger partial charge on any atom is 0.264 e. The summed E-state index contributed by atoms with van der Waals surface area (Å²) in [6.45, 7) is 5.48. The van der Waals surface area contributed by atoms with Gasteiger partial charge in [0.1, 0.15) is 6.04 Å². The molecule has 6 aliphatic rings. The average molecular weight is 820 g/mol. The number of carbonyl (C=O) groups excluding carboxylic acids is 5. The van der Waals surface area contributed by atoms with Gasteiger partial charge in [0, 0.05) is 93.8 Å². The van der Waals surface area contributed by atoms with Crippen molar-refractivity contribution in [2.75, 3.05) is 24.5 Å². The molecule has 7 heterocycles. The second-order valence-corrected chi connectivity index (χ2v) is 17.4. The van der Waals surface area contributed by atoms with E-state index in [0.717, 1.165) is 89.4 Å². The summed E-state index contributed by atoms with van der Waals surface area (Å²) in [5.41, 5.74) is 7.65. The number of alkyl halides is 2. The highest BCUT2D eigenvalue weighted by molar-refractivity contribution is 6.23. The molecule has 2 fully saturated rings. The van der Waals surface area contributed by atoms with Gasteiger partial charge in [0.15, 0.2) is 5.82 Å². The number of hydrogen-bond donors (Lipinski definition) is 1. The molecule has 5 amide bonds. The SMILES string of the molecule is CC(=O)N1CCc2c(c(N3CCCc4cc(-c5cnn(C)c5)c(C(F)F)cc43)nn2C2CCC(CN3Cc4cc5c(cc4C3)C(=O)N(C3CCC(=O)NC3=O)C5=O)CC2)C1. The fourth-order valence-corrected chi connectivity index (χ4v) is 10.6. The van der Waals surface area contributed by atoms with E-state index in [1.807, 2.05) is 23.1 Å². The highest BCUT2D eigenvalue weighted by atomic mass is 19.3. The van der Waals surface area contributed by atoms with Crippen molar-refractivity contribution < 1.29 is 32.8 Å². The number of piperidine rings is 1. The van der Waals surface area contributed by atoms with Gasteiger partial charge in [-0.2, -0.15) is 10.2 Å². The molecule has 1 aliphatic carbocycles. The molecule has 5 aliphatic heterocycles. The standard InChI is InChI=1S/C44H47F2N9O5/c1-24(56)52-13-11-36-35(23-52)41(53-12-3-4-26-14-31(29-18-47-50(2)20-29)32(40(45)46)17-38(26)53)49-55(36)30-7-5-25(6-8-30)19-51-21-27-15-33-34(16-28(27)22-51)44(60)54(43(33)59)37-9-10-39(57)48-42(37)58/h14-18,20,25,30,37,40H,3-13,19,21-23H2,1-2H3,(H,48,57,58). The molecule has 1 unspecified atom stereocenters. The molecule has 0 bridgehead atoms. The molecule has 2 aromatic heterocycles. The lowest BCUT2D eigenvalue weighted by molar-refractivity contribution is -0.136. The van der Waals surface area contributed by atoms with Gasteiger partial charge in [-0.1, -0.05) is 0 Å². The zero-order valence-corrected chi connectivity index (χ0v) is 33.8. The van der Waals surface area contributed by atoms with Gasteiger partial charge in [0.25, 0.3) is 18.2 Å². The van der Waals surface area contributed by atoms with Crippen LogP contribution < -0.4 is 10.2 Å². The summed E-state index contributed by atoms with van der Waals surface area (Å²) in [5, 5.41) is 11.8. The molecule has 1 saturated heterocycles. The van der Waals surface area contributed by atoms with Gasteiger partial charge >= 0.3 is 0 Å². The minimum Gasteiger partial charge on any atom is -0.338 e. The molecule has 1 N–H and O–H groups in total. The maximum absolute atomic E-state index is 14.7. The number of carbonyl (C=O) groups is 5. The Hall–Kier alpha value is -5.77. The van der Waals surface area contributed by atoms with Crippen molar-refractivity contribution in [1.29, 1.82) is 0 Å². The van der Waals surface area contributed by atoms with Gasteiger partial charge in [-0.3, -0.25) is 48.5 Å². The van der Waals surface area contributed by atoms with Crippen LogP contribution >= 0.6 is 0 Å². The van der Waals surface area contributed by atoms with Crippen molar-refractivity contribution in [1.82, 2.24) is 39.6 Å². The molecule has 10 rings (SSSR count). The van der Waals surface area contributed by atoms with Gasteiger partial charge in [0.05, 0.1) is 29.9 Å². The van der Waals surface area contributed by atoms with E-state index in [4.69, 9.17) is 5.10 Å². The fourth-order valence-electron chi connectivity index (χ4n) is 10.6. The lowest BCUT2D eigenvalue weighted by atomic mass is 9.85. The lowest BCUT2D eigenvalue weighted by Crippen LogP contribution is -2.54. The zero-order chi connectivity index (χ0) is 41.6. The number of anilines is 2. The third-order valence-corrected chi connectivity index (χ3v) is 13.6. The van der Waals surface area contributed by atoms with Crippen LogP contribution in [0.25, 0.3) is 11.1 Å². The number of fused-ring (bicyclic) bond motifs is 4. The summed E-state index contributed by atoms with van der Waals surface area (Å²) in [4.78, 5) is 71.1. The smallest absolute Gasteiger partial charge is 0.264 e. The highest BCUT2D eigenvalue weighted by Gasteiger charge is 2.45. The van der Waals surface area contributed by atoms with Crippen LogP contribution in [0, 0.1) is 5.92 Å². The second-order valence-electron chi connectivity index (χ2n) is 17.4. The predicted octanol–water partition coefficient (Wildman–Crippen LogP) is 5.36. The van der Waals surface area contributed by atoms with Gasteiger partial charge in [0.2, 0.25) is 17.7 Å². The number of halogens is 2. The summed E-state index contributed by atoms with van der Waals surface area (Å²) >= 11 is 0. The summed E-state index contributed by atoms with van der Waals surface area (Å²) < 4.78 is 33.3. The first kappa shape index (κ1) is 38.4. The molecule has 1 saturated carbocycles. The van der Waals surface area contributed by atoms with Crippen LogP contribution in [0.3, 0.4) is 0 Å². The third-order valence-electron chi connectivity index (χ3n) is 13.6.